The van der Waals surface area contributed by atoms with E-state index in [0.29, 0.717) is 23.1 Å². The molecule has 0 aliphatic rings. The van der Waals surface area contributed by atoms with Gasteiger partial charge in [0.15, 0.2) is 11.6 Å². The molecule has 0 aliphatic heterocycles. The van der Waals surface area contributed by atoms with Gasteiger partial charge in [-0.25, -0.2) is 13.2 Å². The maximum Gasteiger partial charge on any atom is 0.153 e. The molecular formula is C31H26F3NS. The molecule has 36 heavy (non-hydrogen) atoms. The first-order chi connectivity index (χ1) is 17.5. The van der Waals surface area contributed by atoms with Crippen LogP contribution in [-0.4, -0.2) is 5.16 Å². The molecule has 0 fully saturated rings. The highest BCUT2D eigenvalue weighted by atomic mass is 32.1. The molecule has 0 aromatic heterocycles. The van der Waals surface area contributed by atoms with Crippen molar-refractivity contribution in [3.8, 4) is 34.8 Å². The van der Waals surface area contributed by atoms with E-state index >= 15 is 0 Å². The van der Waals surface area contributed by atoms with Crippen LogP contribution < -0.4 is 0 Å². The van der Waals surface area contributed by atoms with Gasteiger partial charge in [0.1, 0.15) is 11.5 Å². The highest BCUT2D eigenvalue weighted by Gasteiger charge is 2.12. The zero-order chi connectivity index (χ0) is 25.9. The van der Waals surface area contributed by atoms with Crippen LogP contribution in [0.5, 0.6) is 0 Å². The van der Waals surface area contributed by atoms with Crippen LogP contribution in [0.3, 0.4) is 0 Å². The lowest BCUT2D eigenvalue weighted by Gasteiger charge is -2.08. The fourth-order valence-electron chi connectivity index (χ4n) is 3.71. The first-order valence-corrected chi connectivity index (χ1v) is 12.4. The third-order valence-electron chi connectivity index (χ3n) is 5.68. The molecule has 0 heterocycles. The standard InChI is InChI=1S/C31H26F3NS/c1-3-5-6-7-8-9-10-22-11-12-25(28(32)17-22)15-13-24-14-16-26(18-23(24)4-2)27-19-29(33)31(35-21-36)30(34)20-27/h11-12,14,16-20H,3-8H2,1-2H3. The Kier molecular flexibility index (Phi) is 10.1. The predicted octanol–water partition coefficient (Wildman–Crippen LogP) is 8.79. The summed E-state index contributed by atoms with van der Waals surface area (Å²) in [7, 11) is 0. The fourth-order valence-corrected chi connectivity index (χ4v) is 3.80. The summed E-state index contributed by atoms with van der Waals surface area (Å²) in [6.45, 7) is 4.13. The van der Waals surface area contributed by atoms with E-state index < -0.39 is 23.1 Å². The highest BCUT2D eigenvalue weighted by molar-refractivity contribution is 7.78. The molecule has 0 aliphatic carbocycles. The number of rotatable bonds is 7. The van der Waals surface area contributed by atoms with Crippen molar-refractivity contribution < 1.29 is 13.2 Å². The summed E-state index contributed by atoms with van der Waals surface area (Å²) in [5.74, 6) is 10.00. The molecule has 3 aromatic carbocycles. The molecule has 0 unspecified atom stereocenters. The molecule has 182 valence electrons. The molecule has 0 N–H and O–H groups in total. The number of hydrogen-bond donors (Lipinski definition) is 0. The molecule has 0 amide bonds. The van der Waals surface area contributed by atoms with Gasteiger partial charge in [-0.05, 0) is 84.2 Å². The maximum atomic E-state index is 14.6. The number of nitrogens with zero attached hydrogens (tertiary/aromatic N) is 1. The second-order valence-electron chi connectivity index (χ2n) is 8.27. The van der Waals surface area contributed by atoms with E-state index in [1.807, 2.05) is 18.2 Å². The van der Waals surface area contributed by atoms with E-state index in [2.05, 4.69) is 47.8 Å². The minimum atomic E-state index is -0.815. The van der Waals surface area contributed by atoms with Crippen LogP contribution >= 0.6 is 12.2 Å². The summed E-state index contributed by atoms with van der Waals surface area (Å²) in [5.41, 5.74) is 3.07. The van der Waals surface area contributed by atoms with E-state index in [-0.39, 0.29) is 5.56 Å². The molecule has 0 spiro atoms. The summed E-state index contributed by atoms with van der Waals surface area (Å²) >= 11 is 4.44. The van der Waals surface area contributed by atoms with Gasteiger partial charge in [-0.2, -0.15) is 4.99 Å². The first kappa shape index (κ1) is 27.0. The van der Waals surface area contributed by atoms with Crippen LogP contribution in [-0.2, 0) is 6.42 Å². The quantitative estimate of drug-likeness (QED) is 0.136. The molecule has 3 rings (SSSR count). The summed E-state index contributed by atoms with van der Waals surface area (Å²) in [5, 5.41) is 1.98. The Hall–Kier alpha value is -3.63. The number of halogens is 3. The van der Waals surface area contributed by atoms with Crippen LogP contribution in [0.25, 0.3) is 11.1 Å². The van der Waals surface area contributed by atoms with Crippen LogP contribution in [0.2, 0.25) is 0 Å². The third kappa shape index (κ3) is 7.19. The lowest BCUT2D eigenvalue weighted by atomic mass is 9.97. The molecule has 0 atom stereocenters. The Morgan fingerprint density at radius 2 is 1.47 bits per heavy atom. The minimum Gasteiger partial charge on any atom is -0.206 e. The third-order valence-corrected chi connectivity index (χ3v) is 5.77. The molecule has 0 saturated heterocycles. The van der Waals surface area contributed by atoms with Gasteiger partial charge in [0, 0.05) is 17.5 Å². The average Bonchev–Trinajstić information content (AvgIpc) is 2.87. The number of isothiocyanates is 1. The molecule has 0 bridgehead atoms. The van der Waals surface area contributed by atoms with Crippen molar-refractivity contribution in [1.29, 1.82) is 0 Å². The molecule has 1 nitrogen and oxygen atoms in total. The number of unbranched alkanes of at least 4 members (excludes halogenated alkanes) is 4. The lowest BCUT2D eigenvalue weighted by Crippen LogP contribution is -1.92. The van der Waals surface area contributed by atoms with Crippen molar-refractivity contribution in [2.75, 3.05) is 0 Å². The van der Waals surface area contributed by atoms with Gasteiger partial charge >= 0.3 is 0 Å². The Bertz CT molecular complexity index is 1390. The Morgan fingerprint density at radius 3 is 2.14 bits per heavy atom. The van der Waals surface area contributed by atoms with Gasteiger partial charge < -0.3 is 0 Å². The smallest absolute Gasteiger partial charge is 0.153 e. The van der Waals surface area contributed by atoms with Gasteiger partial charge in [-0.3, -0.25) is 0 Å². The Balaban J connectivity index is 1.80. The maximum absolute atomic E-state index is 14.6. The molecule has 5 heteroatoms. The van der Waals surface area contributed by atoms with Gasteiger partial charge in [-0.15, -0.1) is 0 Å². The zero-order valence-corrected chi connectivity index (χ0v) is 21.2. The molecule has 0 radical (unpaired) electrons. The zero-order valence-electron chi connectivity index (χ0n) is 20.4. The average molecular weight is 502 g/mol. The van der Waals surface area contributed by atoms with Crippen molar-refractivity contribution >= 4 is 23.1 Å². The topological polar surface area (TPSA) is 12.4 Å². The number of benzene rings is 3. The van der Waals surface area contributed by atoms with E-state index in [1.54, 1.807) is 24.3 Å². The van der Waals surface area contributed by atoms with E-state index in [0.717, 1.165) is 30.4 Å². The van der Waals surface area contributed by atoms with Crippen molar-refractivity contribution in [2.45, 2.75) is 52.4 Å². The van der Waals surface area contributed by atoms with Crippen LogP contribution in [0.1, 0.15) is 68.2 Å². The van der Waals surface area contributed by atoms with Gasteiger partial charge in [0.2, 0.25) is 0 Å². The van der Waals surface area contributed by atoms with E-state index in [1.165, 1.54) is 31.0 Å². The Morgan fingerprint density at radius 1 is 0.750 bits per heavy atom. The Labute approximate surface area is 216 Å². The van der Waals surface area contributed by atoms with Crippen molar-refractivity contribution in [2.24, 2.45) is 4.99 Å². The SMILES string of the molecule is CCCCCCC#Cc1ccc(C#Cc2ccc(-c3cc(F)c(N=C=S)c(F)c3)cc2CC)c(F)c1. The largest absolute Gasteiger partial charge is 0.206 e. The second-order valence-corrected chi connectivity index (χ2v) is 8.46. The van der Waals surface area contributed by atoms with E-state index in [4.69, 9.17) is 0 Å². The van der Waals surface area contributed by atoms with Crippen molar-refractivity contribution in [3.05, 3.63) is 88.2 Å². The second kappa shape index (κ2) is 13.5. The van der Waals surface area contributed by atoms with E-state index in [9.17, 15) is 13.2 Å². The van der Waals surface area contributed by atoms with Crippen molar-refractivity contribution in [1.82, 2.24) is 0 Å². The van der Waals surface area contributed by atoms with Crippen molar-refractivity contribution in [3.63, 3.8) is 0 Å². The fraction of sp³-hybridized carbons (Fsp3) is 0.258. The van der Waals surface area contributed by atoms with Gasteiger partial charge in [0.05, 0.1) is 10.7 Å². The summed E-state index contributed by atoms with van der Waals surface area (Å²) in [6.07, 6.45) is 6.07. The number of aliphatic imine (C=N–C) groups is 1. The molecule has 0 saturated carbocycles. The first-order valence-electron chi connectivity index (χ1n) is 12.0. The van der Waals surface area contributed by atoms with Crippen LogP contribution in [0.15, 0.2) is 53.5 Å². The van der Waals surface area contributed by atoms with Crippen LogP contribution in [0, 0.1) is 41.1 Å². The number of hydrogen-bond acceptors (Lipinski definition) is 2. The monoisotopic (exact) mass is 501 g/mol. The summed E-state index contributed by atoms with van der Waals surface area (Å²) in [6, 6.07) is 12.6. The minimum absolute atomic E-state index is 0.286. The molecule has 3 aromatic rings. The normalized spacial score (nSPS) is 10.0. The summed E-state index contributed by atoms with van der Waals surface area (Å²) in [4.78, 5) is 3.44. The predicted molar refractivity (Wildman–Crippen MR) is 144 cm³/mol. The van der Waals surface area contributed by atoms with Gasteiger partial charge in [-0.1, -0.05) is 62.9 Å². The lowest BCUT2D eigenvalue weighted by molar-refractivity contribution is 0.588. The number of thiocarbonyl (C=S) groups is 1. The number of aryl methyl sites for hydroxylation is 1. The van der Waals surface area contributed by atoms with Gasteiger partial charge in [0.25, 0.3) is 0 Å². The highest BCUT2D eigenvalue weighted by Crippen LogP contribution is 2.30. The van der Waals surface area contributed by atoms with Crippen LogP contribution in [0.4, 0.5) is 18.9 Å². The molecular weight excluding hydrogens is 475 g/mol. The summed E-state index contributed by atoms with van der Waals surface area (Å²) < 4.78 is 43.1.